The van der Waals surface area contributed by atoms with Crippen molar-refractivity contribution in [2.24, 2.45) is 11.8 Å². The first kappa shape index (κ1) is 26.5. The smallest absolute Gasteiger partial charge is 0.333 e. The van der Waals surface area contributed by atoms with Gasteiger partial charge in [0.15, 0.2) is 11.6 Å². The molecule has 3 aliphatic rings. The van der Waals surface area contributed by atoms with Crippen LogP contribution in [0.5, 0.6) is 5.75 Å². The Morgan fingerprint density at radius 2 is 1.84 bits per heavy atom. The number of esters is 1. The van der Waals surface area contributed by atoms with Crippen LogP contribution in [0.1, 0.15) is 71.9 Å². The van der Waals surface area contributed by atoms with Gasteiger partial charge in [0.2, 0.25) is 5.91 Å². The second-order valence-electron chi connectivity index (χ2n) is 9.96. The Bertz CT molecular complexity index is 1290. The number of nitrogens with one attached hydrogen (secondary N) is 1. The second-order valence-corrected chi connectivity index (χ2v) is 9.96. The second kappa shape index (κ2) is 9.72. The number of carbonyl (C=O) groups excluding carboxylic acids is 4. The number of Topliss-reactive ketones (excluding diaryl/α,β-unsaturated/α-hetero) is 1. The predicted octanol–water partition coefficient (Wildman–Crippen LogP) is 2.51. The minimum Gasteiger partial charge on any atom is -0.507 e. The molecule has 0 aromatic heterocycles. The highest BCUT2D eigenvalue weighted by atomic mass is 16.6. The molecule has 2 aliphatic heterocycles. The van der Waals surface area contributed by atoms with Gasteiger partial charge in [-0.3, -0.25) is 14.4 Å². The molecule has 1 amide bonds. The summed E-state index contributed by atoms with van der Waals surface area (Å²) in [4.78, 5) is 52.4. The Balaban J connectivity index is 1.95. The van der Waals surface area contributed by atoms with Crippen LogP contribution in [0.15, 0.2) is 41.6 Å². The number of aliphatic hydroxyl groups excluding tert-OH is 1. The SMILES string of the molecule is CCC1/C=C/C(O)C(C)OC(=O)/C(C)=C/C2C(=O)NC3=CC(=O)c4c(cc(C)c(O)c4C(=O)CC1)C32O. The number of carbonyl (C=O) groups is 4. The summed E-state index contributed by atoms with van der Waals surface area (Å²) in [5.41, 5.74) is -2.23. The van der Waals surface area contributed by atoms with E-state index in [1.54, 1.807) is 13.0 Å². The Labute approximate surface area is 214 Å². The first-order valence-corrected chi connectivity index (χ1v) is 12.4. The van der Waals surface area contributed by atoms with Crippen LogP contribution < -0.4 is 5.32 Å². The molecule has 1 fully saturated rings. The number of benzene rings is 1. The van der Waals surface area contributed by atoms with E-state index in [4.69, 9.17) is 4.74 Å². The average Bonchev–Trinajstić information content (AvgIpc) is 3.09. The number of hydrogen-bond donors (Lipinski definition) is 4. The molecular weight excluding hydrogens is 478 g/mol. The van der Waals surface area contributed by atoms with Gasteiger partial charge in [-0.1, -0.05) is 25.2 Å². The Morgan fingerprint density at radius 1 is 1.14 bits per heavy atom. The van der Waals surface area contributed by atoms with Crippen LogP contribution in [0, 0.1) is 18.8 Å². The number of amides is 1. The third kappa shape index (κ3) is 4.42. The van der Waals surface area contributed by atoms with Crippen LogP contribution in [-0.4, -0.2) is 51.0 Å². The van der Waals surface area contributed by atoms with E-state index in [1.807, 2.05) is 6.92 Å². The minimum absolute atomic E-state index is 0.00512. The van der Waals surface area contributed by atoms with Crippen molar-refractivity contribution in [1.82, 2.24) is 5.32 Å². The summed E-state index contributed by atoms with van der Waals surface area (Å²) in [6.07, 6.45) is 4.60. The molecule has 9 nitrogen and oxygen atoms in total. The van der Waals surface area contributed by atoms with E-state index in [1.165, 1.54) is 32.1 Å². The van der Waals surface area contributed by atoms with Crippen molar-refractivity contribution >= 4 is 23.4 Å². The highest BCUT2D eigenvalue weighted by Crippen LogP contribution is 2.49. The fourth-order valence-electron chi connectivity index (χ4n) is 5.11. The molecule has 9 heteroatoms. The molecule has 1 aromatic carbocycles. The third-order valence-electron chi connectivity index (χ3n) is 7.46. The molecule has 5 atom stereocenters. The van der Waals surface area contributed by atoms with Crippen molar-refractivity contribution in [1.29, 1.82) is 0 Å². The molecule has 0 spiro atoms. The molecule has 5 unspecified atom stereocenters. The van der Waals surface area contributed by atoms with E-state index < -0.39 is 47.2 Å². The molecule has 0 radical (unpaired) electrons. The van der Waals surface area contributed by atoms with E-state index in [-0.39, 0.29) is 51.6 Å². The van der Waals surface area contributed by atoms with E-state index in [0.717, 1.165) is 6.08 Å². The van der Waals surface area contributed by atoms with Crippen molar-refractivity contribution < 1.29 is 39.2 Å². The van der Waals surface area contributed by atoms with Crippen molar-refractivity contribution in [2.75, 3.05) is 0 Å². The number of aromatic hydroxyl groups is 1. The summed E-state index contributed by atoms with van der Waals surface area (Å²) in [6, 6.07) is 1.39. The highest BCUT2D eigenvalue weighted by molar-refractivity contribution is 6.17. The third-order valence-corrected chi connectivity index (χ3v) is 7.46. The minimum atomic E-state index is -2.08. The molecule has 1 saturated heterocycles. The molecule has 4 rings (SSSR count). The molecule has 37 heavy (non-hydrogen) atoms. The number of allylic oxidation sites excluding steroid dienone is 2. The van der Waals surface area contributed by atoms with Crippen molar-refractivity contribution in [2.45, 2.75) is 64.8 Å². The number of ketones is 2. The molecule has 4 N–H and O–H groups in total. The zero-order valence-electron chi connectivity index (χ0n) is 21.2. The summed E-state index contributed by atoms with van der Waals surface area (Å²) in [5.74, 6) is -4.33. The van der Waals surface area contributed by atoms with Crippen LogP contribution in [0.4, 0.5) is 0 Å². The first-order valence-electron chi connectivity index (χ1n) is 12.4. The number of hydrogen-bond acceptors (Lipinski definition) is 8. The quantitative estimate of drug-likeness (QED) is 0.333. The number of ether oxygens (including phenoxy) is 1. The number of aliphatic hydroxyl groups is 2. The zero-order valence-corrected chi connectivity index (χ0v) is 21.2. The maximum absolute atomic E-state index is 13.4. The molecule has 0 saturated carbocycles. The zero-order chi connectivity index (χ0) is 27.2. The Kier molecular flexibility index (Phi) is 6.96. The van der Waals surface area contributed by atoms with Gasteiger partial charge in [-0.05, 0) is 51.2 Å². The monoisotopic (exact) mass is 509 g/mol. The van der Waals surface area contributed by atoms with E-state index >= 15 is 0 Å². The predicted molar refractivity (Wildman–Crippen MR) is 133 cm³/mol. The number of aryl methyl sites for hydroxylation is 1. The summed E-state index contributed by atoms with van der Waals surface area (Å²) in [7, 11) is 0. The lowest BCUT2D eigenvalue weighted by Gasteiger charge is -2.34. The Hall–Kier alpha value is -3.56. The summed E-state index contributed by atoms with van der Waals surface area (Å²) >= 11 is 0. The van der Waals surface area contributed by atoms with Gasteiger partial charge in [0.25, 0.3) is 0 Å². The van der Waals surface area contributed by atoms with Crippen LogP contribution >= 0.6 is 0 Å². The van der Waals surface area contributed by atoms with Crippen LogP contribution in [0.3, 0.4) is 0 Å². The van der Waals surface area contributed by atoms with Crippen molar-refractivity contribution in [3.8, 4) is 5.75 Å². The van der Waals surface area contributed by atoms with E-state index in [9.17, 15) is 34.5 Å². The van der Waals surface area contributed by atoms with Gasteiger partial charge in [-0.25, -0.2) is 4.79 Å². The standard InChI is InChI=1S/C28H31NO8/c1-5-16-6-8-19(30)15(4)37-27(35)14(3)11-18-26(34)29-22-12-21(32)23-17(28(18,22)36)10-13(2)25(33)24(23)20(31)9-7-16/h6,8,10-12,15-16,18-19,30,33,36H,5,7,9H2,1-4H3,(H,29,34)/b8-6+,14-11+. The summed E-state index contributed by atoms with van der Waals surface area (Å²) in [5, 5.41) is 35.8. The van der Waals surface area contributed by atoms with Gasteiger partial charge < -0.3 is 25.4 Å². The van der Waals surface area contributed by atoms with Crippen LogP contribution in [0.25, 0.3) is 0 Å². The Morgan fingerprint density at radius 3 is 2.51 bits per heavy atom. The van der Waals surface area contributed by atoms with E-state index in [0.29, 0.717) is 12.8 Å². The number of rotatable bonds is 1. The van der Waals surface area contributed by atoms with Gasteiger partial charge in [0.1, 0.15) is 23.6 Å². The number of phenolic OH excluding ortho intramolecular Hbond substituents is 1. The summed E-state index contributed by atoms with van der Waals surface area (Å²) in [6.45, 7) is 6.42. The van der Waals surface area contributed by atoms with Gasteiger partial charge in [-0.15, -0.1) is 0 Å². The average molecular weight is 510 g/mol. The van der Waals surface area contributed by atoms with Crippen molar-refractivity contribution in [3.63, 3.8) is 0 Å². The maximum atomic E-state index is 13.4. The molecule has 4 bridgehead atoms. The lowest BCUT2D eigenvalue weighted by molar-refractivity contribution is -0.147. The topological polar surface area (TPSA) is 150 Å². The van der Waals surface area contributed by atoms with Crippen LogP contribution in [0.2, 0.25) is 0 Å². The lowest BCUT2D eigenvalue weighted by atomic mass is 9.72. The number of cyclic esters (lactones) is 1. The number of phenols is 1. The lowest BCUT2D eigenvalue weighted by Crippen LogP contribution is -2.39. The van der Waals surface area contributed by atoms with Gasteiger partial charge in [0, 0.05) is 29.2 Å². The molecule has 1 aliphatic carbocycles. The normalized spacial score (nSPS) is 32.6. The van der Waals surface area contributed by atoms with Gasteiger partial charge in [0.05, 0.1) is 17.2 Å². The fraction of sp³-hybridized carbons (Fsp3) is 0.429. The van der Waals surface area contributed by atoms with E-state index in [2.05, 4.69) is 5.32 Å². The van der Waals surface area contributed by atoms with Gasteiger partial charge >= 0.3 is 5.97 Å². The molecule has 1 aromatic rings. The van der Waals surface area contributed by atoms with Crippen LogP contribution in [-0.2, 0) is 19.9 Å². The maximum Gasteiger partial charge on any atom is 0.333 e. The molecule has 196 valence electrons. The molecule has 2 heterocycles. The summed E-state index contributed by atoms with van der Waals surface area (Å²) < 4.78 is 5.39. The first-order chi connectivity index (χ1) is 17.4. The van der Waals surface area contributed by atoms with Crippen molar-refractivity contribution in [3.05, 3.63) is 63.9 Å². The fourth-order valence-corrected chi connectivity index (χ4v) is 5.11. The highest BCUT2D eigenvalue weighted by Gasteiger charge is 2.55. The van der Waals surface area contributed by atoms with Gasteiger partial charge in [-0.2, -0.15) is 0 Å². The molecular formula is C28H31NO8. The largest absolute Gasteiger partial charge is 0.507 e.